The fourth-order valence-electron chi connectivity index (χ4n) is 4.31. The van der Waals surface area contributed by atoms with Gasteiger partial charge in [-0.1, -0.05) is 24.3 Å². The van der Waals surface area contributed by atoms with Gasteiger partial charge in [0.05, 0.1) is 0 Å². The molecule has 0 saturated carbocycles. The van der Waals surface area contributed by atoms with E-state index in [4.69, 9.17) is 0 Å². The lowest BCUT2D eigenvalue weighted by Crippen LogP contribution is -1.91. The third kappa shape index (κ3) is 3.34. The Morgan fingerprint density at radius 2 is 0.912 bits per heavy atom. The van der Waals surface area contributed by atoms with Gasteiger partial charge in [-0.25, -0.2) is 17.6 Å². The Bertz CT molecular complexity index is 1500. The molecule has 162 valence electrons. The van der Waals surface area contributed by atoms with Crippen molar-refractivity contribution >= 4 is 5.57 Å². The van der Waals surface area contributed by atoms with Crippen LogP contribution in [0.3, 0.4) is 0 Å². The maximum absolute atomic E-state index is 14.4. The van der Waals surface area contributed by atoms with Crippen molar-refractivity contribution in [1.82, 2.24) is 0 Å². The molecule has 34 heavy (non-hydrogen) atoms. The number of nitriles is 2. The van der Waals surface area contributed by atoms with Gasteiger partial charge in [0, 0.05) is 28.8 Å². The summed E-state index contributed by atoms with van der Waals surface area (Å²) in [7, 11) is 0. The number of fused-ring (bicyclic) bond motifs is 3. The summed E-state index contributed by atoms with van der Waals surface area (Å²) in [5.74, 6) is -2.88. The van der Waals surface area contributed by atoms with Crippen LogP contribution in [0.4, 0.5) is 17.6 Å². The van der Waals surface area contributed by atoms with Crippen molar-refractivity contribution in [2.24, 2.45) is 0 Å². The molecule has 1 aliphatic rings. The highest BCUT2D eigenvalue weighted by Gasteiger charge is 2.28. The Morgan fingerprint density at radius 3 is 1.29 bits per heavy atom. The lowest BCUT2D eigenvalue weighted by Gasteiger charge is -2.08. The largest absolute Gasteiger partial charge is 0.207 e. The van der Waals surface area contributed by atoms with Crippen LogP contribution in [0.5, 0.6) is 0 Å². The van der Waals surface area contributed by atoms with Crippen molar-refractivity contribution in [1.29, 1.82) is 10.5 Å². The number of rotatable bonds is 2. The van der Waals surface area contributed by atoms with Gasteiger partial charge in [-0.15, -0.1) is 0 Å². The van der Waals surface area contributed by atoms with Crippen molar-refractivity contribution < 1.29 is 17.6 Å². The van der Waals surface area contributed by atoms with Crippen molar-refractivity contribution in [3.63, 3.8) is 0 Å². The molecule has 0 radical (unpaired) electrons. The van der Waals surface area contributed by atoms with E-state index in [1.54, 1.807) is 36.4 Å². The van der Waals surface area contributed by atoms with Gasteiger partial charge in [0.2, 0.25) is 0 Å². The van der Waals surface area contributed by atoms with Gasteiger partial charge >= 0.3 is 0 Å². The van der Waals surface area contributed by atoms with E-state index in [9.17, 15) is 28.1 Å². The van der Waals surface area contributed by atoms with Crippen LogP contribution in [0, 0.1) is 45.9 Å². The molecule has 1 aliphatic carbocycles. The molecule has 0 bridgehead atoms. The number of nitrogens with zero attached hydrogens (tertiary/aromatic N) is 2. The zero-order chi connectivity index (χ0) is 24.0. The number of halogens is 4. The first-order valence-corrected chi connectivity index (χ1v) is 10.2. The number of hydrogen-bond acceptors (Lipinski definition) is 2. The molecule has 4 aromatic carbocycles. The van der Waals surface area contributed by atoms with E-state index in [-0.39, 0.29) is 16.7 Å². The smallest absolute Gasteiger partial charge is 0.138 e. The fourth-order valence-corrected chi connectivity index (χ4v) is 4.31. The first-order valence-electron chi connectivity index (χ1n) is 10.2. The van der Waals surface area contributed by atoms with Crippen molar-refractivity contribution in [2.75, 3.05) is 0 Å². The molecule has 4 aromatic rings. The zero-order valence-electron chi connectivity index (χ0n) is 17.3. The summed E-state index contributed by atoms with van der Waals surface area (Å²) in [6, 6.07) is 20.4. The molecule has 5 rings (SSSR count). The van der Waals surface area contributed by atoms with Crippen molar-refractivity contribution in [3.05, 3.63) is 113 Å². The number of benzene rings is 4. The molecule has 0 amide bonds. The van der Waals surface area contributed by atoms with E-state index in [1.165, 1.54) is 12.1 Å². The van der Waals surface area contributed by atoms with E-state index < -0.39 is 23.3 Å². The molecule has 0 aliphatic heterocycles. The van der Waals surface area contributed by atoms with Crippen molar-refractivity contribution in [3.8, 4) is 45.5 Å². The van der Waals surface area contributed by atoms with Gasteiger partial charge in [-0.3, -0.25) is 0 Å². The van der Waals surface area contributed by atoms with Gasteiger partial charge in [0.25, 0.3) is 0 Å². The molecule has 0 aromatic heterocycles. The van der Waals surface area contributed by atoms with E-state index in [0.29, 0.717) is 39.0 Å². The van der Waals surface area contributed by atoms with E-state index in [1.807, 2.05) is 12.1 Å². The Balaban J connectivity index is 1.74. The summed E-state index contributed by atoms with van der Waals surface area (Å²) in [5.41, 5.74) is 3.90. The minimum Gasteiger partial charge on any atom is -0.207 e. The van der Waals surface area contributed by atoms with Crippen LogP contribution in [0.15, 0.2) is 78.4 Å². The quantitative estimate of drug-likeness (QED) is 0.207. The fraction of sp³-hybridized carbons (Fsp3) is 0. The summed E-state index contributed by atoms with van der Waals surface area (Å²) in [6.45, 7) is 0. The van der Waals surface area contributed by atoms with E-state index in [0.717, 1.165) is 24.3 Å². The van der Waals surface area contributed by atoms with Crippen LogP contribution in [0.2, 0.25) is 0 Å². The van der Waals surface area contributed by atoms with Gasteiger partial charge < -0.3 is 0 Å². The lowest BCUT2D eigenvalue weighted by molar-refractivity contribution is 0.585. The van der Waals surface area contributed by atoms with Crippen LogP contribution >= 0.6 is 0 Å². The molecule has 2 nitrogen and oxygen atoms in total. The molecular weight excluding hydrogens is 440 g/mol. The first kappa shape index (κ1) is 21.2. The van der Waals surface area contributed by atoms with Crippen LogP contribution in [0.25, 0.3) is 39.0 Å². The molecule has 0 fully saturated rings. The Kier molecular flexibility index (Phi) is 5.00. The predicted octanol–water partition coefficient (Wildman–Crippen LogP) is 7.41. The molecule has 0 spiro atoms. The Morgan fingerprint density at radius 1 is 0.500 bits per heavy atom. The summed E-state index contributed by atoms with van der Waals surface area (Å²) < 4.78 is 55.6. The van der Waals surface area contributed by atoms with E-state index >= 15 is 0 Å². The summed E-state index contributed by atoms with van der Waals surface area (Å²) >= 11 is 0. The lowest BCUT2D eigenvalue weighted by atomic mass is 9.94. The van der Waals surface area contributed by atoms with Crippen LogP contribution in [-0.2, 0) is 0 Å². The predicted molar refractivity (Wildman–Crippen MR) is 120 cm³/mol. The summed E-state index contributed by atoms with van der Waals surface area (Å²) in [6.07, 6.45) is 0. The van der Waals surface area contributed by atoms with Crippen LogP contribution in [-0.4, -0.2) is 0 Å². The van der Waals surface area contributed by atoms with Gasteiger partial charge in [-0.05, 0) is 69.8 Å². The molecule has 0 heterocycles. The second-order valence-corrected chi connectivity index (χ2v) is 7.74. The second-order valence-electron chi connectivity index (χ2n) is 7.74. The van der Waals surface area contributed by atoms with Crippen LogP contribution < -0.4 is 0 Å². The molecule has 0 saturated heterocycles. The standard InChI is InChI=1S/C28H12F4N2/c29-18-3-7-20(26(31)11-18)15-1-5-22-23-6-2-16(21-8-4-19(30)12-27(21)32)10-25(23)28(24(22)9-15)17(13-33)14-34/h1-12H. The molecule has 0 atom stereocenters. The van der Waals surface area contributed by atoms with Crippen molar-refractivity contribution in [2.45, 2.75) is 0 Å². The number of hydrogen-bond donors (Lipinski definition) is 0. The number of allylic oxidation sites excluding steroid dienone is 1. The van der Waals surface area contributed by atoms with E-state index in [2.05, 4.69) is 0 Å². The second kappa shape index (κ2) is 8.03. The normalized spacial score (nSPS) is 11.4. The minimum atomic E-state index is -0.740. The Hall–Kier alpha value is -4.68. The average molecular weight is 452 g/mol. The molecule has 0 unspecified atom stereocenters. The third-order valence-corrected chi connectivity index (χ3v) is 5.83. The van der Waals surface area contributed by atoms with Crippen LogP contribution in [0.1, 0.15) is 11.1 Å². The first-order chi connectivity index (χ1) is 16.4. The molecular formula is C28H12F4N2. The summed E-state index contributed by atoms with van der Waals surface area (Å²) in [5, 5.41) is 19.3. The Labute approximate surface area is 192 Å². The average Bonchev–Trinajstić information content (AvgIpc) is 3.13. The third-order valence-electron chi connectivity index (χ3n) is 5.83. The minimum absolute atomic E-state index is 0.159. The SMILES string of the molecule is N#CC(C#N)=C1c2cc(-c3ccc(F)cc3F)ccc2-c2ccc(-c3ccc(F)cc3F)cc21. The van der Waals surface area contributed by atoms with Gasteiger partial charge in [0.15, 0.2) is 0 Å². The monoisotopic (exact) mass is 452 g/mol. The molecule has 0 N–H and O–H groups in total. The molecule has 6 heteroatoms. The topological polar surface area (TPSA) is 47.6 Å². The van der Waals surface area contributed by atoms with Gasteiger partial charge in [-0.2, -0.15) is 10.5 Å². The zero-order valence-corrected chi connectivity index (χ0v) is 17.3. The summed E-state index contributed by atoms with van der Waals surface area (Å²) in [4.78, 5) is 0. The highest BCUT2D eigenvalue weighted by molar-refractivity contribution is 6.05. The maximum atomic E-state index is 14.4. The van der Waals surface area contributed by atoms with Gasteiger partial charge in [0.1, 0.15) is 41.0 Å². The highest BCUT2D eigenvalue weighted by Crippen LogP contribution is 2.48. The maximum Gasteiger partial charge on any atom is 0.138 e. The highest BCUT2D eigenvalue weighted by atomic mass is 19.1.